The molecule has 1 aliphatic heterocycles. The first-order chi connectivity index (χ1) is 7.04. The highest BCUT2D eigenvalue weighted by atomic mass is 33.1. The third-order valence-corrected chi connectivity index (χ3v) is 4.29. The third kappa shape index (κ3) is 3.63. The molecule has 0 radical (unpaired) electrons. The van der Waals surface area contributed by atoms with Crippen LogP contribution < -0.4 is 10.6 Å². The standard InChI is InChI=1S/C10H17N3S2/c1-6(2)12-9-8(5-11)10(15-14-9)13-7(3)4/h6-7,9,12-13H,1-4H3. The molecule has 0 aromatic carbocycles. The molecule has 84 valence electrons. The van der Waals surface area contributed by atoms with Gasteiger partial charge >= 0.3 is 0 Å². The first-order valence-electron chi connectivity index (χ1n) is 5.04. The second-order valence-electron chi connectivity index (χ2n) is 4.03. The van der Waals surface area contributed by atoms with Gasteiger partial charge in [0, 0.05) is 12.1 Å². The van der Waals surface area contributed by atoms with Gasteiger partial charge in [0.15, 0.2) is 0 Å². The van der Waals surface area contributed by atoms with Crippen molar-refractivity contribution in [3.63, 3.8) is 0 Å². The summed E-state index contributed by atoms with van der Waals surface area (Å²) >= 11 is 0. The van der Waals surface area contributed by atoms with Crippen LogP contribution in [0.3, 0.4) is 0 Å². The van der Waals surface area contributed by atoms with Crippen LogP contribution in [0.25, 0.3) is 0 Å². The number of hydrogen-bond acceptors (Lipinski definition) is 5. The third-order valence-electron chi connectivity index (χ3n) is 1.76. The summed E-state index contributed by atoms with van der Waals surface area (Å²) in [5.74, 6) is 0. The summed E-state index contributed by atoms with van der Waals surface area (Å²) in [4.78, 5) is 0. The fourth-order valence-corrected chi connectivity index (χ4v) is 4.04. The number of rotatable bonds is 4. The molecule has 0 saturated carbocycles. The van der Waals surface area contributed by atoms with Crippen LogP contribution in [-0.2, 0) is 0 Å². The molecule has 1 aliphatic rings. The zero-order chi connectivity index (χ0) is 11.4. The fraction of sp³-hybridized carbons (Fsp3) is 0.700. The lowest BCUT2D eigenvalue weighted by Crippen LogP contribution is -2.32. The van der Waals surface area contributed by atoms with Gasteiger partial charge in [-0.2, -0.15) is 5.26 Å². The lowest BCUT2D eigenvalue weighted by atomic mass is 10.2. The minimum absolute atomic E-state index is 0.126. The van der Waals surface area contributed by atoms with Crippen LogP contribution in [0.15, 0.2) is 10.6 Å². The maximum absolute atomic E-state index is 9.12. The zero-order valence-electron chi connectivity index (χ0n) is 9.50. The van der Waals surface area contributed by atoms with Crippen molar-refractivity contribution in [2.45, 2.75) is 45.2 Å². The van der Waals surface area contributed by atoms with Gasteiger partial charge < -0.3 is 5.32 Å². The second kappa shape index (κ2) is 5.69. The number of nitriles is 1. The molecule has 0 bridgehead atoms. The Morgan fingerprint density at radius 1 is 1.27 bits per heavy atom. The van der Waals surface area contributed by atoms with Crippen molar-refractivity contribution >= 4 is 21.6 Å². The molecule has 2 N–H and O–H groups in total. The molecule has 0 spiro atoms. The Labute approximate surface area is 99.5 Å². The summed E-state index contributed by atoms with van der Waals surface area (Å²) in [7, 11) is 3.35. The van der Waals surface area contributed by atoms with Gasteiger partial charge in [0.25, 0.3) is 0 Å². The average molecular weight is 243 g/mol. The SMILES string of the molecule is CC(C)NC1=C(C#N)C(NC(C)C)SS1. The molecule has 0 fully saturated rings. The van der Waals surface area contributed by atoms with Crippen molar-refractivity contribution < 1.29 is 0 Å². The van der Waals surface area contributed by atoms with Crippen molar-refractivity contribution in [3.8, 4) is 6.07 Å². The van der Waals surface area contributed by atoms with E-state index in [-0.39, 0.29) is 5.37 Å². The van der Waals surface area contributed by atoms with Gasteiger partial charge in [-0.05, 0) is 38.5 Å². The van der Waals surface area contributed by atoms with Gasteiger partial charge in [-0.3, -0.25) is 5.32 Å². The molecule has 15 heavy (non-hydrogen) atoms. The molecule has 1 heterocycles. The number of nitrogens with one attached hydrogen (secondary N) is 2. The molecule has 3 nitrogen and oxygen atoms in total. The first-order valence-corrected chi connectivity index (χ1v) is 7.26. The van der Waals surface area contributed by atoms with Crippen LogP contribution in [0.5, 0.6) is 0 Å². The van der Waals surface area contributed by atoms with E-state index < -0.39 is 0 Å². The largest absolute Gasteiger partial charge is 0.376 e. The lowest BCUT2D eigenvalue weighted by Gasteiger charge is -2.14. The van der Waals surface area contributed by atoms with E-state index in [9.17, 15) is 0 Å². The van der Waals surface area contributed by atoms with E-state index in [1.165, 1.54) is 0 Å². The zero-order valence-corrected chi connectivity index (χ0v) is 11.1. The van der Waals surface area contributed by atoms with Crippen molar-refractivity contribution in [1.29, 1.82) is 5.26 Å². The molecule has 0 aromatic rings. The van der Waals surface area contributed by atoms with Crippen LogP contribution in [0.2, 0.25) is 0 Å². The highest BCUT2D eigenvalue weighted by Crippen LogP contribution is 2.44. The highest BCUT2D eigenvalue weighted by Gasteiger charge is 2.28. The molecule has 0 saturated heterocycles. The van der Waals surface area contributed by atoms with Crippen LogP contribution >= 0.6 is 21.6 Å². The van der Waals surface area contributed by atoms with Gasteiger partial charge in [0.05, 0.1) is 10.6 Å². The van der Waals surface area contributed by atoms with Gasteiger partial charge in [0.2, 0.25) is 0 Å². The summed E-state index contributed by atoms with van der Waals surface area (Å²) in [5.41, 5.74) is 0.826. The number of nitrogens with zero attached hydrogens (tertiary/aromatic N) is 1. The molecule has 1 rings (SSSR count). The molecule has 0 amide bonds. The van der Waals surface area contributed by atoms with Crippen molar-refractivity contribution in [2.75, 3.05) is 0 Å². The van der Waals surface area contributed by atoms with Gasteiger partial charge in [-0.1, -0.05) is 10.8 Å². The van der Waals surface area contributed by atoms with Crippen LogP contribution in [0.4, 0.5) is 0 Å². The van der Waals surface area contributed by atoms with E-state index in [0.717, 1.165) is 10.6 Å². The molecule has 5 heteroatoms. The van der Waals surface area contributed by atoms with E-state index in [1.54, 1.807) is 21.6 Å². The van der Waals surface area contributed by atoms with E-state index in [1.807, 2.05) is 0 Å². The number of hydrogen-bond donors (Lipinski definition) is 2. The Bertz CT molecular complexity index is 292. The minimum atomic E-state index is 0.126. The summed E-state index contributed by atoms with van der Waals surface area (Å²) in [5, 5.41) is 16.9. The molecule has 1 atom stereocenters. The quantitative estimate of drug-likeness (QED) is 0.743. The Morgan fingerprint density at radius 3 is 2.40 bits per heavy atom. The molecular weight excluding hydrogens is 226 g/mol. The predicted octanol–water partition coefficient (Wildman–Crippen LogP) is 2.44. The normalized spacial score (nSPS) is 21.3. The second-order valence-corrected chi connectivity index (χ2v) is 6.35. The van der Waals surface area contributed by atoms with Crippen LogP contribution in [0.1, 0.15) is 27.7 Å². The molecule has 0 aromatic heterocycles. The van der Waals surface area contributed by atoms with Crippen molar-refractivity contribution in [2.24, 2.45) is 0 Å². The van der Waals surface area contributed by atoms with Gasteiger partial charge in [-0.25, -0.2) is 0 Å². The maximum atomic E-state index is 9.12. The molecular formula is C10H17N3S2. The van der Waals surface area contributed by atoms with Gasteiger partial charge in [0.1, 0.15) is 11.4 Å². The van der Waals surface area contributed by atoms with E-state index >= 15 is 0 Å². The highest BCUT2D eigenvalue weighted by molar-refractivity contribution is 8.78. The van der Waals surface area contributed by atoms with E-state index in [0.29, 0.717) is 12.1 Å². The van der Waals surface area contributed by atoms with E-state index in [2.05, 4.69) is 44.4 Å². The smallest absolute Gasteiger partial charge is 0.103 e. The van der Waals surface area contributed by atoms with Crippen molar-refractivity contribution in [1.82, 2.24) is 10.6 Å². The van der Waals surface area contributed by atoms with E-state index in [4.69, 9.17) is 5.26 Å². The summed E-state index contributed by atoms with van der Waals surface area (Å²) in [6.45, 7) is 8.34. The van der Waals surface area contributed by atoms with Crippen LogP contribution in [0, 0.1) is 11.3 Å². The summed E-state index contributed by atoms with van der Waals surface area (Å²) < 4.78 is 0. The molecule has 0 aliphatic carbocycles. The van der Waals surface area contributed by atoms with Crippen LogP contribution in [-0.4, -0.2) is 17.5 Å². The summed E-state index contributed by atoms with van der Waals surface area (Å²) in [6.07, 6.45) is 0. The Morgan fingerprint density at radius 2 is 1.93 bits per heavy atom. The maximum Gasteiger partial charge on any atom is 0.103 e. The monoisotopic (exact) mass is 243 g/mol. The Kier molecular flexibility index (Phi) is 4.84. The minimum Gasteiger partial charge on any atom is -0.376 e. The average Bonchev–Trinajstić information content (AvgIpc) is 2.45. The lowest BCUT2D eigenvalue weighted by molar-refractivity contribution is 0.600. The summed E-state index contributed by atoms with van der Waals surface area (Å²) in [6, 6.07) is 3.05. The fourth-order valence-electron chi connectivity index (χ4n) is 1.20. The van der Waals surface area contributed by atoms with Crippen molar-refractivity contribution in [3.05, 3.63) is 10.6 Å². The Hall–Kier alpha value is -0.310. The Balaban J connectivity index is 2.72. The first kappa shape index (κ1) is 12.8. The topological polar surface area (TPSA) is 47.9 Å². The van der Waals surface area contributed by atoms with Gasteiger partial charge in [-0.15, -0.1) is 0 Å². The molecule has 1 unspecified atom stereocenters. The predicted molar refractivity (Wildman–Crippen MR) is 68.2 cm³/mol.